The maximum atomic E-state index is 10.9. The standard InChI is InChI=1S/C25H27ClN4O5/c1-25(16-29-14-23(30(31)32)27-24(29)35-25)17-34-22-8-4-20(5-9-22)28-12-10-18(11-13-28)15-33-21-6-2-19(26)3-7-21/h2-9,14,18H,10-13,15-17H2,1H3. The Balaban J connectivity index is 1.07. The highest BCUT2D eigenvalue weighted by Gasteiger charge is 2.41. The first kappa shape index (κ1) is 23.3. The van der Waals surface area contributed by atoms with Gasteiger partial charge in [0.2, 0.25) is 0 Å². The molecule has 0 saturated carbocycles. The molecular weight excluding hydrogens is 472 g/mol. The van der Waals surface area contributed by atoms with Crippen molar-refractivity contribution >= 4 is 23.1 Å². The molecule has 2 aliphatic heterocycles. The molecule has 1 fully saturated rings. The van der Waals surface area contributed by atoms with Gasteiger partial charge in [0.15, 0.2) is 5.60 Å². The number of ether oxygens (including phenoxy) is 3. The average molecular weight is 499 g/mol. The first-order valence-corrected chi connectivity index (χ1v) is 12.0. The summed E-state index contributed by atoms with van der Waals surface area (Å²) in [5.74, 6) is 1.93. The highest BCUT2D eigenvalue weighted by Crippen LogP contribution is 2.32. The summed E-state index contributed by atoms with van der Waals surface area (Å²) in [7, 11) is 0. The SMILES string of the molecule is CC1(COc2ccc(N3CCC(COc4ccc(Cl)cc4)CC3)cc2)Cn2cc([N+](=O)[O-])nc2O1. The van der Waals surface area contributed by atoms with Crippen molar-refractivity contribution in [3.05, 3.63) is 69.9 Å². The quantitative estimate of drug-likeness (QED) is 0.320. The van der Waals surface area contributed by atoms with E-state index in [-0.39, 0.29) is 11.8 Å². The molecule has 0 aliphatic carbocycles. The van der Waals surface area contributed by atoms with Crippen LogP contribution < -0.4 is 19.1 Å². The molecule has 0 N–H and O–H groups in total. The molecule has 1 aromatic heterocycles. The number of halogens is 1. The number of imidazole rings is 1. The maximum Gasteiger partial charge on any atom is 0.415 e. The van der Waals surface area contributed by atoms with E-state index in [1.54, 1.807) is 4.57 Å². The van der Waals surface area contributed by atoms with Crippen LogP contribution in [0.4, 0.5) is 11.5 Å². The Morgan fingerprint density at radius 1 is 1.11 bits per heavy atom. The van der Waals surface area contributed by atoms with Crippen LogP contribution in [0.1, 0.15) is 19.8 Å². The molecule has 3 heterocycles. The lowest BCUT2D eigenvalue weighted by molar-refractivity contribution is -0.389. The Kier molecular flexibility index (Phi) is 6.42. The van der Waals surface area contributed by atoms with Gasteiger partial charge in [0.25, 0.3) is 0 Å². The summed E-state index contributed by atoms with van der Waals surface area (Å²) in [4.78, 5) is 16.6. The largest absolute Gasteiger partial charge is 0.493 e. The Hall–Kier alpha value is -3.46. The number of fused-ring (bicyclic) bond motifs is 1. The van der Waals surface area contributed by atoms with Crippen LogP contribution in [0.15, 0.2) is 54.7 Å². The number of hydrogen-bond donors (Lipinski definition) is 0. The molecule has 10 heteroatoms. The van der Waals surface area contributed by atoms with E-state index < -0.39 is 10.5 Å². The number of rotatable bonds is 8. The second-order valence-corrected chi connectivity index (χ2v) is 9.73. The van der Waals surface area contributed by atoms with Crippen molar-refractivity contribution in [2.75, 3.05) is 31.2 Å². The van der Waals surface area contributed by atoms with Gasteiger partial charge < -0.3 is 29.2 Å². The molecule has 1 saturated heterocycles. The van der Waals surface area contributed by atoms with Gasteiger partial charge >= 0.3 is 11.8 Å². The smallest absolute Gasteiger partial charge is 0.415 e. The summed E-state index contributed by atoms with van der Waals surface area (Å²) in [6, 6.07) is 15.8. The first-order chi connectivity index (χ1) is 16.9. The molecule has 3 aromatic rings. The zero-order valence-electron chi connectivity index (χ0n) is 19.4. The van der Waals surface area contributed by atoms with Gasteiger partial charge in [-0.25, -0.2) is 0 Å². The van der Waals surface area contributed by atoms with Gasteiger partial charge in [-0.2, -0.15) is 0 Å². The molecule has 35 heavy (non-hydrogen) atoms. The highest BCUT2D eigenvalue weighted by molar-refractivity contribution is 6.30. The van der Waals surface area contributed by atoms with E-state index in [4.69, 9.17) is 25.8 Å². The van der Waals surface area contributed by atoms with Crippen LogP contribution in [-0.4, -0.2) is 46.4 Å². The van der Waals surface area contributed by atoms with Crippen molar-refractivity contribution in [3.8, 4) is 17.5 Å². The molecule has 0 spiro atoms. The molecule has 1 unspecified atom stereocenters. The van der Waals surface area contributed by atoms with E-state index in [9.17, 15) is 10.1 Å². The fourth-order valence-corrected chi connectivity index (χ4v) is 4.57. The van der Waals surface area contributed by atoms with Gasteiger partial charge in [0, 0.05) is 28.8 Å². The lowest BCUT2D eigenvalue weighted by Gasteiger charge is -2.33. The van der Waals surface area contributed by atoms with E-state index in [1.165, 1.54) is 11.9 Å². The van der Waals surface area contributed by atoms with Crippen LogP contribution in [0.25, 0.3) is 0 Å². The van der Waals surface area contributed by atoms with Crippen LogP contribution in [-0.2, 0) is 6.54 Å². The van der Waals surface area contributed by atoms with Gasteiger partial charge in [-0.1, -0.05) is 11.6 Å². The third-order valence-corrected chi connectivity index (χ3v) is 6.67. The number of benzene rings is 2. The van der Waals surface area contributed by atoms with Crippen LogP contribution >= 0.6 is 11.6 Å². The van der Waals surface area contributed by atoms with Crippen molar-refractivity contribution in [1.29, 1.82) is 0 Å². The summed E-state index contributed by atoms with van der Waals surface area (Å²) in [5, 5.41) is 11.6. The van der Waals surface area contributed by atoms with Gasteiger partial charge in [-0.05, 0) is 79.1 Å². The van der Waals surface area contributed by atoms with E-state index in [0.29, 0.717) is 24.1 Å². The zero-order valence-corrected chi connectivity index (χ0v) is 20.2. The lowest BCUT2D eigenvalue weighted by Crippen LogP contribution is -2.38. The highest BCUT2D eigenvalue weighted by atomic mass is 35.5. The Morgan fingerprint density at radius 3 is 2.43 bits per heavy atom. The average Bonchev–Trinajstić information content (AvgIpc) is 3.39. The third-order valence-electron chi connectivity index (χ3n) is 6.42. The van der Waals surface area contributed by atoms with Crippen molar-refractivity contribution in [2.45, 2.75) is 31.9 Å². The van der Waals surface area contributed by atoms with E-state index in [2.05, 4.69) is 22.0 Å². The number of hydrogen-bond acceptors (Lipinski definition) is 7. The second kappa shape index (κ2) is 9.65. The number of aromatic nitrogens is 2. The van der Waals surface area contributed by atoms with Crippen LogP contribution in [0.2, 0.25) is 5.02 Å². The normalized spacial score (nSPS) is 19.8. The van der Waals surface area contributed by atoms with Gasteiger partial charge in [0.1, 0.15) is 24.3 Å². The predicted molar refractivity (Wildman–Crippen MR) is 132 cm³/mol. The van der Waals surface area contributed by atoms with E-state index >= 15 is 0 Å². The Labute approximate surface area is 208 Å². The van der Waals surface area contributed by atoms with E-state index in [0.717, 1.165) is 44.0 Å². The number of piperidine rings is 1. The van der Waals surface area contributed by atoms with Gasteiger partial charge in [-0.15, -0.1) is 0 Å². The molecule has 0 radical (unpaired) electrons. The van der Waals surface area contributed by atoms with Crippen molar-refractivity contribution in [3.63, 3.8) is 0 Å². The van der Waals surface area contributed by atoms with Crippen LogP contribution in [0.5, 0.6) is 17.5 Å². The molecule has 5 rings (SSSR count). The summed E-state index contributed by atoms with van der Waals surface area (Å²) in [6.07, 6.45) is 3.55. The molecule has 0 bridgehead atoms. The van der Waals surface area contributed by atoms with Gasteiger partial charge in [0.05, 0.1) is 13.2 Å². The molecule has 184 valence electrons. The summed E-state index contributed by atoms with van der Waals surface area (Å²) >= 11 is 5.93. The molecule has 2 aromatic carbocycles. The lowest BCUT2D eigenvalue weighted by atomic mass is 9.97. The fourth-order valence-electron chi connectivity index (χ4n) is 4.45. The maximum absolute atomic E-state index is 10.9. The van der Waals surface area contributed by atoms with Crippen molar-refractivity contribution < 1.29 is 19.1 Å². The Bertz CT molecular complexity index is 1150. The minimum Gasteiger partial charge on any atom is -0.493 e. The topological polar surface area (TPSA) is 91.9 Å². The van der Waals surface area contributed by atoms with E-state index in [1.807, 2.05) is 43.3 Å². The zero-order chi connectivity index (χ0) is 24.4. The third kappa shape index (κ3) is 5.45. The number of anilines is 1. The Morgan fingerprint density at radius 2 is 1.77 bits per heavy atom. The molecule has 0 amide bonds. The monoisotopic (exact) mass is 498 g/mol. The van der Waals surface area contributed by atoms with Crippen LogP contribution in [0.3, 0.4) is 0 Å². The van der Waals surface area contributed by atoms with Gasteiger partial charge in [-0.3, -0.25) is 4.57 Å². The fraction of sp³-hybridized carbons (Fsp3) is 0.400. The molecule has 1 atom stereocenters. The minimum absolute atomic E-state index is 0.211. The molecule has 9 nitrogen and oxygen atoms in total. The summed E-state index contributed by atoms with van der Waals surface area (Å²) in [5.41, 5.74) is 0.539. The second-order valence-electron chi connectivity index (χ2n) is 9.30. The molecule has 2 aliphatic rings. The van der Waals surface area contributed by atoms with Crippen molar-refractivity contribution in [1.82, 2.24) is 9.55 Å². The number of nitro groups is 1. The van der Waals surface area contributed by atoms with Crippen molar-refractivity contribution in [2.24, 2.45) is 5.92 Å². The summed E-state index contributed by atoms with van der Waals surface area (Å²) < 4.78 is 19.4. The minimum atomic E-state index is -0.633. The first-order valence-electron chi connectivity index (χ1n) is 11.6. The molecular formula is C25H27ClN4O5. The summed E-state index contributed by atoms with van der Waals surface area (Å²) in [6.45, 7) is 5.34. The number of nitrogens with zero attached hydrogens (tertiary/aromatic N) is 4. The van der Waals surface area contributed by atoms with Crippen LogP contribution in [0, 0.1) is 16.0 Å². The predicted octanol–water partition coefficient (Wildman–Crippen LogP) is 4.97.